The van der Waals surface area contributed by atoms with Gasteiger partial charge in [-0.05, 0) is 38.8 Å². The van der Waals surface area contributed by atoms with E-state index in [0.717, 1.165) is 0 Å². The standard InChI is InChI=1S/C20H24N2O7/c1-5-27-19(23)16-12(3)21-13(4)17(20(24)28-6-2)18(16)15-9-7-14(8-10-15)11-29-22(25)26/h7-10,18,21H,5-6,11H2,1-4H3. The van der Waals surface area contributed by atoms with Crippen LogP contribution in [0.15, 0.2) is 46.8 Å². The van der Waals surface area contributed by atoms with E-state index in [4.69, 9.17) is 9.47 Å². The highest BCUT2D eigenvalue weighted by Crippen LogP contribution is 2.39. The smallest absolute Gasteiger partial charge is 0.336 e. The quantitative estimate of drug-likeness (QED) is 0.399. The first-order chi connectivity index (χ1) is 13.8. The summed E-state index contributed by atoms with van der Waals surface area (Å²) in [6, 6.07) is 6.70. The number of ether oxygens (including phenoxy) is 2. The zero-order chi connectivity index (χ0) is 21.6. The minimum absolute atomic E-state index is 0.191. The lowest BCUT2D eigenvalue weighted by Gasteiger charge is -2.30. The third-order valence-electron chi connectivity index (χ3n) is 4.40. The molecule has 0 bridgehead atoms. The van der Waals surface area contributed by atoms with Crippen molar-refractivity contribution in [3.63, 3.8) is 0 Å². The molecule has 1 N–H and O–H groups in total. The molecule has 9 heteroatoms. The molecular weight excluding hydrogens is 380 g/mol. The van der Waals surface area contributed by atoms with Crippen molar-refractivity contribution < 1.29 is 29.0 Å². The number of carbonyl (C=O) groups is 2. The molecule has 0 spiro atoms. The van der Waals surface area contributed by atoms with Crippen molar-refractivity contribution in [1.29, 1.82) is 0 Å². The molecule has 1 aliphatic heterocycles. The van der Waals surface area contributed by atoms with Gasteiger partial charge in [0.25, 0.3) is 5.09 Å². The predicted molar refractivity (Wildman–Crippen MR) is 103 cm³/mol. The average molecular weight is 404 g/mol. The third-order valence-corrected chi connectivity index (χ3v) is 4.40. The molecule has 0 amide bonds. The van der Waals surface area contributed by atoms with Crippen LogP contribution in [0.1, 0.15) is 44.7 Å². The summed E-state index contributed by atoms with van der Waals surface area (Å²) < 4.78 is 10.4. The molecule has 29 heavy (non-hydrogen) atoms. The molecule has 1 aromatic rings. The van der Waals surface area contributed by atoms with Gasteiger partial charge in [0.05, 0.1) is 30.3 Å². The highest BCUT2D eigenvalue weighted by molar-refractivity contribution is 5.99. The molecule has 1 heterocycles. The van der Waals surface area contributed by atoms with Gasteiger partial charge in [-0.15, -0.1) is 10.1 Å². The Balaban J connectivity index is 2.51. The minimum atomic E-state index is -0.864. The number of rotatable bonds is 8. The number of hydrogen-bond donors (Lipinski definition) is 1. The Kier molecular flexibility index (Phi) is 7.35. The van der Waals surface area contributed by atoms with Gasteiger partial charge >= 0.3 is 11.9 Å². The van der Waals surface area contributed by atoms with Gasteiger partial charge in [-0.25, -0.2) is 9.59 Å². The van der Waals surface area contributed by atoms with Crippen LogP contribution >= 0.6 is 0 Å². The zero-order valence-electron chi connectivity index (χ0n) is 16.8. The number of nitrogens with zero attached hydrogens (tertiary/aromatic N) is 1. The Morgan fingerprint density at radius 1 is 1.00 bits per heavy atom. The molecule has 1 aliphatic rings. The van der Waals surface area contributed by atoms with Crippen molar-refractivity contribution in [2.24, 2.45) is 0 Å². The van der Waals surface area contributed by atoms with Crippen LogP contribution in [0.3, 0.4) is 0 Å². The van der Waals surface area contributed by atoms with E-state index in [9.17, 15) is 19.7 Å². The topological polar surface area (TPSA) is 117 Å². The lowest BCUT2D eigenvalue weighted by atomic mass is 9.80. The summed E-state index contributed by atoms with van der Waals surface area (Å²) in [6.07, 6.45) is 0. The van der Waals surface area contributed by atoms with Crippen LogP contribution in [-0.4, -0.2) is 30.2 Å². The van der Waals surface area contributed by atoms with Crippen LogP contribution in [0.25, 0.3) is 0 Å². The fraction of sp³-hybridized carbons (Fsp3) is 0.400. The number of hydrogen-bond acceptors (Lipinski definition) is 8. The molecule has 9 nitrogen and oxygen atoms in total. The summed E-state index contributed by atoms with van der Waals surface area (Å²) in [4.78, 5) is 40.1. The summed E-state index contributed by atoms with van der Waals surface area (Å²) in [7, 11) is 0. The Morgan fingerprint density at radius 2 is 1.48 bits per heavy atom. The summed E-state index contributed by atoms with van der Waals surface area (Å²) in [5.74, 6) is -1.75. The molecule has 0 aromatic heterocycles. The first-order valence-electron chi connectivity index (χ1n) is 9.19. The van der Waals surface area contributed by atoms with E-state index in [-0.39, 0.29) is 19.8 Å². The molecule has 0 fully saturated rings. The normalized spacial score (nSPS) is 14.3. The fourth-order valence-corrected chi connectivity index (χ4v) is 3.22. The third kappa shape index (κ3) is 5.13. The molecule has 1 aromatic carbocycles. The molecule has 0 aliphatic carbocycles. The number of esters is 2. The number of nitrogens with one attached hydrogen (secondary N) is 1. The van der Waals surface area contributed by atoms with Gasteiger partial charge in [-0.2, -0.15) is 0 Å². The highest BCUT2D eigenvalue weighted by Gasteiger charge is 2.37. The van der Waals surface area contributed by atoms with Crippen molar-refractivity contribution in [2.75, 3.05) is 13.2 Å². The van der Waals surface area contributed by atoms with Gasteiger partial charge in [-0.3, -0.25) is 0 Å². The van der Waals surface area contributed by atoms with Crippen LogP contribution < -0.4 is 5.32 Å². The van der Waals surface area contributed by atoms with Gasteiger partial charge in [0, 0.05) is 11.4 Å². The molecular formula is C20H24N2O7. The van der Waals surface area contributed by atoms with Crippen LogP contribution in [0.2, 0.25) is 0 Å². The van der Waals surface area contributed by atoms with Crippen LogP contribution in [0.4, 0.5) is 0 Å². The molecule has 0 unspecified atom stereocenters. The van der Waals surface area contributed by atoms with E-state index in [0.29, 0.717) is 33.7 Å². The van der Waals surface area contributed by atoms with Gasteiger partial charge in [0.15, 0.2) is 0 Å². The van der Waals surface area contributed by atoms with Gasteiger partial charge < -0.3 is 19.6 Å². The summed E-state index contributed by atoms with van der Waals surface area (Å²) in [5, 5.41) is 12.6. The molecule has 0 saturated heterocycles. The maximum Gasteiger partial charge on any atom is 0.336 e. The van der Waals surface area contributed by atoms with Gasteiger partial charge in [0.2, 0.25) is 0 Å². The second-order valence-corrected chi connectivity index (χ2v) is 6.31. The second kappa shape index (κ2) is 9.72. The lowest BCUT2D eigenvalue weighted by Crippen LogP contribution is -2.32. The van der Waals surface area contributed by atoms with Crippen molar-refractivity contribution in [3.8, 4) is 0 Å². The van der Waals surface area contributed by atoms with E-state index in [1.54, 1.807) is 52.0 Å². The molecule has 2 rings (SSSR count). The molecule has 0 radical (unpaired) electrons. The predicted octanol–water partition coefficient (Wildman–Crippen LogP) is 2.76. The van der Waals surface area contributed by atoms with E-state index in [1.165, 1.54) is 0 Å². The SMILES string of the molecule is CCOC(=O)C1=C(C)NC(C)=C(C(=O)OCC)C1c1ccc(CO[N+](=O)[O-])cc1. The summed E-state index contributed by atoms with van der Waals surface area (Å²) >= 11 is 0. The minimum Gasteiger partial charge on any atom is -0.463 e. The largest absolute Gasteiger partial charge is 0.463 e. The second-order valence-electron chi connectivity index (χ2n) is 6.31. The number of dihydropyridines is 1. The fourth-order valence-electron chi connectivity index (χ4n) is 3.22. The van der Waals surface area contributed by atoms with Crippen LogP contribution in [0, 0.1) is 10.1 Å². The van der Waals surface area contributed by atoms with Gasteiger partial charge in [0.1, 0.15) is 6.61 Å². The first kappa shape index (κ1) is 21.9. The number of benzene rings is 1. The molecule has 0 atom stereocenters. The average Bonchev–Trinajstić information content (AvgIpc) is 2.66. The number of allylic oxidation sites excluding steroid dienone is 2. The van der Waals surface area contributed by atoms with E-state index < -0.39 is 22.9 Å². The Labute approximate surface area is 168 Å². The van der Waals surface area contributed by atoms with Gasteiger partial charge in [-0.1, -0.05) is 24.3 Å². The Bertz CT molecular complexity index is 816. The van der Waals surface area contributed by atoms with Crippen molar-refractivity contribution >= 4 is 11.9 Å². The number of carbonyl (C=O) groups excluding carboxylic acids is 2. The molecule has 0 saturated carbocycles. The monoisotopic (exact) mass is 404 g/mol. The van der Waals surface area contributed by atoms with Crippen LogP contribution in [-0.2, 0) is 30.5 Å². The Morgan fingerprint density at radius 3 is 1.90 bits per heavy atom. The lowest BCUT2D eigenvalue weighted by molar-refractivity contribution is -0.763. The summed E-state index contributed by atoms with van der Waals surface area (Å²) in [6.45, 7) is 7.08. The Hall–Kier alpha value is -3.36. The van der Waals surface area contributed by atoms with Crippen molar-refractivity contribution in [1.82, 2.24) is 5.32 Å². The van der Waals surface area contributed by atoms with E-state index >= 15 is 0 Å². The zero-order valence-corrected chi connectivity index (χ0v) is 16.8. The van der Waals surface area contributed by atoms with Crippen molar-refractivity contribution in [3.05, 3.63) is 68.0 Å². The maximum absolute atomic E-state index is 12.7. The van der Waals surface area contributed by atoms with Crippen molar-refractivity contribution in [2.45, 2.75) is 40.2 Å². The van der Waals surface area contributed by atoms with E-state index in [1.807, 2.05) is 0 Å². The van der Waals surface area contributed by atoms with E-state index in [2.05, 4.69) is 10.2 Å². The highest BCUT2D eigenvalue weighted by atomic mass is 16.9. The first-order valence-corrected chi connectivity index (χ1v) is 9.19. The van der Waals surface area contributed by atoms with Crippen LogP contribution in [0.5, 0.6) is 0 Å². The maximum atomic E-state index is 12.7. The molecule has 156 valence electrons. The summed E-state index contributed by atoms with van der Waals surface area (Å²) in [5.41, 5.74) is 3.03.